The summed E-state index contributed by atoms with van der Waals surface area (Å²) in [7, 11) is 6.12. The van der Waals surface area contributed by atoms with E-state index in [4.69, 9.17) is 0 Å². The first kappa shape index (κ1) is 30.7. The number of rotatable bonds is 22. The zero-order valence-corrected chi connectivity index (χ0v) is 22.3. The predicted octanol–water partition coefficient (Wildman–Crippen LogP) is 7.09. The minimum Gasteiger partial charge on any atom is -0.415 e. The molecule has 0 fully saturated rings. The molecule has 0 aliphatic carbocycles. The van der Waals surface area contributed by atoms with Gasteiger partial charge >= 0.3 is 0 Å². The number of unbranched alkanes of at least 4 members (excludes halogenated alkanes) is 13. The number of carbonyl (C=O) groups is 2. The van der Waals surface area contributed by atoms with E-state index in [9.17, 15) is 14.7 Å². The van der Waals surface area contributed by atoms with Crippen LogP contribution in [0.1, 0.15) is 123 Å². The third kappa shape index (κ3) is 17.9. The Morgan fingerprint density at radius 2 is 1.10 bits per heavy atom. The standard InChI is InChI=1S/C26H52NO3P/c1-6-8-10-11-12-13-14-15-16-17-18-19-20-22-25(29)31-26(30,23-27(3,4)5)24(28)21-9-7-2/h30H,6-23H2,1-5H3. The maximum absolute atomic E-state index is 12.6. The van der Waals surface area contributed by atoms with E-state index in [0.29, 0.717) is 17.3 Å². The molecule has 0 rings (SSSR count). The Bertz CT molecular complexity index is 476. The maximum Gasteiger partial charge on any atom is 0.140 e. The van der Waals surface area contributed by atoms with Crippen LogP contribution in [0.25, 0.3) is 0 Å². The van der Waals surface area contributed by atoms with Crippen molar-refractivity contribution >= 4 is 19.9 Å². The minimum absolute atomic E-state index is 0.00358. The Labute approximate surface area is 195 Å². The highest BCUT2D eigenvalue weighted by Gasteiger charge is 2.31. The van der Waals surface area contributed by atoms with Crippen molar-refractivity contribution in [3.8, 4) is 0 Å². The van der Waals surface area contributed by atoms with Crippen LogP contribution in [0.5, 0.6) is 0 Å². The van der Waals surface area contributed by atoms with Gasteiger partial charge in [-0.1, -0.05) is 97.3 Å². The van der Waals surface area contributed by atoms with Gasteiger partial charge in [-0.05, 0) is 24.8 Å². The molecule has 0 spiro atoms. The monoisotopic (exact) mass is 457 g/mol. The second kappa shape index (κ2) is 18.2. The van der Waals surface area contributed by atoms with Gasteiger partial charge in [-0.15, -0.1) is 0 Å². The molecule has 31 heavy (non-hydrogen) atoms. The van der Waals surface area contributed by atoms with E-state index < -0.39 is 5.34 Å². The Morgan fingerprint density at radius 1 is 0.677 bits per heavy atom. The number of hydrogen-bond donors (Lipinski definition) is 1. The summed E-state index contributed by atoms with van der Waals surface area (Å²) < 4.78 is 0.466. The highest BCUT2D eigenvalue weighted by molar-refractivity contribution is 7.60. The second-order valence-corrected chi connectivity index (χ2v) is 11.8. The fourth-order valence-electron chi connectivity index (χ4n) is 3.94. The van der Waals surface area contributed by atoms with Crippen molar-refractivity contribution in [2.24, 2.45) is 0 Å². The van der Waals surface area contributed by atoms with Crippen molar-refractivity contribution in [2.75, 3.05) is 27.7 Å². The predicted molar refractivity (Wildman–Crippen MR) is 135 cm³/mol. The number of nitrogens with zero attached hydrogens (tertiary/aromatic N) is 1. The molecule has 1 N–H and O–H groups in total. The van der Waals surface area contributed by atoms with Crippen LogP contribution in [0.2, 0.25) is 0 Å². The number of Topliss-reactive ketones (excluding diaryl/α,β-unsaturated/α-hetero) is 1. The highest BCUT2D eigenvalue weighted by Crippen LogP contribution is 2.36. The van der Waals surface area contributed by atoms with Gasteiger partial charge in [-0.25, -0.2) is 0 Å². The largest absolute Gasteiger partial charge is 0.415 e. The summed E-state index contributed by atoms with van der Waals surface area (Å²) in [4.78, 5) is 25.1. The summed E-state index contributed by atoms with van der Waals surface area (Å²) in [5.41, 5.74) is 0.00358. The smallest absolute Gasteiger partial charge is 0.140 e. The van der Waals surface area contributed by atoms with Crippen LogP contribution in [-0.2, 0) is 9.59 Å². The van der Waals surface area contributed by atoms with Crippen LogP contribution >= 0.6 is 8.58 Å². The fourth-order valence-corrected chi connectivity index (χ4v) is 5.36. The van der Waals surface area contributed by atoms with E-state index >= 15 is 0 Å². The molecular formula is C26H52NO3P. The van der Waals surface area contributed by atoms with Crippen LogP contribution in [-0.4, -0.2) is 53.9 Å². The Morgan fingerprint density at radius 3 is 1.52 bits per heavy atom. The zero-order valence-electron chi connectivity index (χ0n) is 21.4. The van der Waals surface area contributed by atoms with Crippen molar-refractivity contribution in [3.63, 3.8) is 0 Å². The maximum atomic E-state index is 12.6. The molecule has 0 amide bonds. The Hall–Kier alpha value is -0.310. The average Bonchev–Trinajstić information content (AvgIpc) is 2.68. The lowest BCUT2D eigenvalue weighted by atomic mass is 10.0. The SMILES string of the molecule is CCCCCCCCCCCCCCCC(=O)[P-]C(O)(C[N+](C)(C)C)C(=O)CCCC. The van der Waals surface area contributed by atoms with E-state index in [2.05, 4.69) is 6.92 Å². The molecule has 4 nitrogen and oxygen atoms in total. The average molecular weight is 458 g/mol. The number of hydrogen-bond acceptors (Lipinski definition) is 3. The summed E-state index contributed by atoms with van der Waals surface area (Å²) >= 11 is 0. The third-order valence-corrected chi connectivity index (χ3v) is 6.94. The number of ketones is 1. The van der Waals surface area contributed by atoms with E-state index in [1.54, 1.807) is 0 Å². The van der Waals surface area contributed by atoms with Gasteiger partial charge in [-0.2, -0.15) is 0 Å². The van der Waals surface area contributed by atoms with Gasteiger partial charge in [0, 0.05) is 6.42 Å². The minimum atomic E-state index is -1.54. The Kier molecular flexibility index (Phi) is 18.0. The van der Waals surface area contributed by atoms with E-state index in [1.807, 2.05) is 28.1 Å². The molecule has 0 aliphatic heterocycles. The molecule has 5 heteroatoms. The number of likely N-dealkylation sites (N-methyl/N-ethyl adjacent to an activating group) is 1. The molecule has 0 heterocycles. The third-order valence-electron chi connectivity index (χ3n) is 5.70. The van der Waals surface area contributed by atoms with Crippen LogP contribution < -0.4 is 0 Å². The summed E-state index contributed by atoms with van der Waals surface area (Å²) in [5, 5.41) is 9.48. The lowest BCUT2D eigenvalue weighted by Gasteiger charge is -2.43. The number of aliphatic hydroxyl groups is 1. The van der Waals surface area contributed by atoms with Gasteiger partial charge in [0.2, 0.25) is 0 Å². The summed E-state index contributed by atoms with van der Waals surface area (Å²) in [6.45, 7) is 4.57. The molecule has 184 valence electrons. The highest BCUT2D eigenvalue weighted by atomic mass is 31.1. The van der Waals surface area contributed by atoms with E-state index in [1.165, 1.54) is 70.6 Å². The van der Waals surface area contributed by atoms with Crippen LogP contribution in [0.3, 0.4) is 0 Å². The van der Waals surface area contributed by atoms with Gasteiger partial charge < -0.3 is 23.0 Å². The van der Waals surface area contributed by atoms with Gasteiger partial charge in [0.1, 0.15) is 5.78 Å². The molecule has 0 aromatic rings. The van der Waals surface area contributed by atoms with Crippen molar-refractivity contribution in [1.82, 2.24) is 0 Å². The van der Waals surface area contributed by atoms with Crippen molar-refractivity contribution < 1.29 is 19.2 Å². The molecule has 0 aromatic heterocycles. The Balaban J connectivity index is 3.99. The van der Waals surface area contributed by atoms with Crippen molar-refractivity contribution in [2.45, 2.75) is 128 Å². The fraction of sp³-hybridized carbons (Fsp3) is 0.923. The zero-order chi connectivity index (χ0) is 23.6. The van der Waals surface area contributed by atoms with Crippen molar-refractivity contribution in [1.29, 1.82) is 0 Å². The second-order valence-electron chi connectivity index (χ2n) is 10.3. The molecule has 0 aromatic carbocycles. The molecule has 1 atom stereocenters. The van der Waals surface area contributed by atoms with Gasteiger partial charge in [0.05, 0.1) is 33.0 Å². The van der Waals surface area contributed by atoms with E-state index in [0.717, 1.165) is 25.7 Å². The summed E-state index contributed by atoms with van der Waals surface area (Å²) in [5.74, 6) is -0.178. The quantitative estimate of drug-likeness (QED) is 0.107. The molecule has 0 saturated heterocycles. The topological polar surface area (TPSA) is 54.4 Å². The molecule has 0 aliphatic rings. The lowest BCUT2D eigenvalue weighted by molar-refractivity contribution is -0.873. The molecule has 0 radical (unpaired) electrons. The normalized spacial score (nSPS) is 14.3. The van der Waals surface area contributed by atoms with Gasteiger partial charge in [-0.3, -0.25) is 4.79 Å². The number of carbonyl (C=O) groups excluding carboxylic acids is 2. The van der Waals surface area contributed by atoms with Gasteiger partial charge in [0.25, 0.3) is 0 Å². The van der Waals surface area contributed by atoms with E-state index in [-0.39, 0.29) is 26.4 Å². The summed E-state index contributed by atoms with van der Waals surface area (Å²) in [6, 6.07) is 0. The van der Waals surface area contributed by atoms with Crippen LogP contribution in [0, 0.1) is 0 Å². The molecule has 0 bridgehead atoms. The van der Waals surface area contributed by atoms with Crippen LogP contribution in [0.4, 0.5) is 0 Å². The van der Waals surface area contributed by atoms with Crippen LogP contribution in [0.15, 0.2) is 0 Å². The van der Waals surface area contributed by atoms with Gasteiger partial charge in [0.15, 0.2) is 0 Å². The summed E-state index contributed by atoms with van der Waals surface area (Å²) in [6.07, 6.45) is 19.1. The lowest BCUT2D eigenvalue weighted by Crippen LogP contribution is -2.51. The first-order chi connectivity index (χ1) is 14.6. The first-order valence-electron chi connectivity index (χ1n) is 13.0. The number of quaternary nitrogens is 1. The van der Waals surface area contributed by atoms with Crippen molar-refractivity contribution in [3.05, 3.63) is 0 Å². The molecular weight excluding hydrogens is 405 g/mol. The first-order valence-corrected chi connectivity index (χ1v) is 13.9. The molecule has 0 saturated carbocycles. The molecule has 1 unspecified atom stereocenters.